The molecule has 1 aliphatic carbocycles. The maximum absolute atomic E-state index is 4.40. The lowest BCUT2D eigenvalue weighted by atomic mass is 9.73. The minimum Gasteiger partial charge on any atom is -0.355 e. The van der Waals surface area contributed by atoms with Gasteiger partial charge in [-0.1, -0.05) is 19.3 Å². The van der Waals surface area contributed by atoms with Crippen molar-refractivity contribution >= 4 is 5.82 Å². The molecule has 0 atom stereocenters. The van der Waals surface area contributed by atoms with Crippen LogP contribution in [0.3, 0.4) is 0 Å². The third-order valence-corrected chi connectivity index (χ3v) is 4.23. The van der Waals surface area contributed by atoms with E-state index in [0.29, 0.717) is 5.41 Å². The van der Waals surface area contributed by atoms with Crippen molar-refractivity contribution in [2.75, 3.05) is 18.0 Å². The van der Waals surface area contributed by atoms with E-state index in [2.05, 4.69) is 14.9 Å². The molecule has 1 spiro atoms. The summed E-state index contributed by atoms with van der Waals surface area (Å²) in [6, 6.07) is 0. The summed E-state index contributed by atoms with van der Waals surface area (Å²) in [6.07, 6.45) is 13.9. The third-order valence-electron chi connectivity index (χ3n) is 4.23. The second-order valence-corrected chi connectivity index (χ2v) is 5.30. The van der Waals surface area contributed by atoms with Gasteiger partial charge in [0.05, 0.1) is 6.20 Å². The highest BCUT2D eigenvalue weighted by atomic mass is 15.2. The van der Waals surface area contributed by atoms with Crippen LogP contribution in [-0.2, 0) is 0 Å². The number of rotatable bonds is 1. The van der Waals surface area contributed by atoms with Gasteiger partial charge >= 0.3 is 0 Å². The smallest absolute Gasteiger partial charge is 0.147 e. The van der Waals surface area contributed by atoms with E-state index in [-0.39, 0.29) is 0 Å². The van der Waals surface area contributed by atoms with Crippen LogP contribution in [0.2, 0.25) is 0 Å². The summed E-state index contributed by atoms with van der Waals surface area (Å²) in [5.41, 5.74) is 0.607. The van der Waals surface area contributed by atoms with Crippen LogP contribution < -0.4 is 4.90 Å². The fourth-order valence-electron chi connectivity index (χ4n) is 3.30. The first-order valence-corrected chi connectivity index (χ1v) is 6.39. The fourth-order valence-corrected chi connectivity index (χ4v) is 3.30. The van der Waals surface area contributed by atoms with E-state index in [4.69, 9.17) is 0 Å². The SMILES string of the molecule is c1cnc(N2CCC3(CCCCC3)C2)cn1. The number of hydrogen-bond acceptors (Lipinski definition) is 3. The van der Waals surface area contributed by atoms with Gasteiger partial charge in [0, 0.05) is 25.5 Å². The summed E-state index contributed by atoms with van der Waals surface area (Å²) >= 11 is 0. The zero-order valence-electron chi connectivity index (χ0n) is 9.73. The lowest BCUT2D eigenvalue weighted by Gasteiger charge is -2.33. The molecule has 2 aliphatic rings. The molecule has 86 valence electrons. The highest BCUT2D eigenvalue weighted by molar-refractivity contribution is 5.37. The van der Waals surface area contributed by atoms with Gasteiger partial charge in [0.2, 0.25) is 0 Å². The van der Waals surface area contributed by atoms with Crippen LogP contribution in [0, 0.1) is 5.41 Å². The molecule has 0 aromatic carbocycles. The molecule has 0 unspecified atom stereocenters. The maximum atomic E-state index is 4.40. The van der Waals surface area contributed by atoms with Crippen molar-refractivity contribution < 1.29 is 0 Å². The Hall–Kier alpha value is -1.12. The standard InChI is InChI=1S/C13H19N3/c1-2-4-13(5-3-1)6-9-16(11-13)12-10-14-7-8-15-12/h7-8,10H,1-6,9,11H2. The van der Waals surface area contributed by atoms with E-state index in [9.17, 15) is 0 Å². The van der Waals surface area contributed by atoms with Crippen molar-refractivity contribution in [1.29, 1.82) is 0 Å². The number of anilines is 1. The lowest BCUT2D eigenvalue weighted by Crippen LogP contribution is -2.29. The molecule has 3 heteroatoms. The lowest BCUT2D eigenvalue weighted by molar-refractivity contribution is 0.219. The van der Waals surface area contributed by atoms with Crippen molar-refractivity contribution in [2.24, 2.45) is 5.41 Å². The molecule has 0 bridgehead atoms. The summed E-state index contributed by atoms with van der Waals surface area (Å²) in [5, 5.41) is 0. The zero-order chi connectivity index (χ0) is 10.8. The molecule has 0 N–H and O–H groups in total. The molecule has 1 saturated carbocycles. The largest absolute Gasteiger partial charge is 0.355 e. The van der Waals surface area contributed by atoms with E-state index in [1.165, 1.54) is 51.6 Å². The van der Waals surface area contributed by atoms with E-state index < -0.39 is 0 Å². The molecule has 2 heterocycles. The Morgan fingerprint density at radius 2 is 1.94 bits per heavy atom. The molecule has 16 heavy (non-hydrogen) atoms. The molecule has 1 aromatic rings. The zero-order valence-corrected chi connectivity index (χ0v) is 9.73. The highest BCUT2D eigenvalue weighted by Crippen LogP contribution is 2.44. The average Bonchev–Trinajstić information content (AvgIpc) is 2.75. The molecule has 3 nitrogen and oxygen atoms in total. The minimum atomic E-state index is 0.607. The van der Waals surface area contributed by atoms with Crippen LogP contribution in [0.15, 0.2) is 18.6 Å². The summed E-state index contributed by atoms with van der Waals surface area (Å²) in [4.78, 5) is 11.0. The van der Waals surface area contributed by atoms with Crippen molar-refractivity contribution in [3.8, 4) is 0 Å². The number of nitrogens with zero attached hydrogens (tertiary/aromatic N) is 3. The van der Waals surface area contributed by atoms with Crippen LogP contribution in [0.1, 0.15) is 38.5 Å². The Kier molecular flexibility index (Phi) is 2.54. The van der Waals surface area contributed by atoms with Crippen molar-refractivity contribution in [3.63, 3.8) is 0 Å². The summed E-state index contributed by atoms with van der Waals surface area (Å²) in [5.74, 6) is 1.06. The van der Waals surface area contributed by atoms with E-state index in [0.717, 1.165) is 5.82 Å². The minimum absolute atomic E-state index is 0.607. The first-order chi connectivity index (χ1) is 7.88. The second-order valence-electron chi connectivity index (χ2n) is 5.30. The predicted octanol–water partition coefficient (Wildman–Crippen LogP) is 2.64. The van der Waals surface area contributed by atoms with Crippen LogP contribution >= 0.6 is 0 Å². The van der Waals surface area contributed by atoms with Gasteiger partial charge in [0.1, 0.15) is 5.82 Å². The second kappa shape index (κ2) is 4.04. The third kappa shape index (κ3) is 1.79. The first kappa shape index (κ1) is 10.1. The average molecular weight is 217 g/mol. The van der Waals surface area contributed by atoms with Gasteiger partial charge in [-0.15, -0.1) is 0 Å². The van der Waals surface area contributed by atoms with Gasteiger partial charge in [-0.25, -0.2) is 4.98 Å². The van der Waals surface area contributed by atoms with E-state index in [1.54, 1.807) is 12.4 Å². The molecule has 0 amide bonds. The molecule has 2 fully saturated rings. The van der Waals surface area contributed by atoms with Gasteiger partial charge in [-0.3, -0.25) is 4.98 Å². The van der Waals surface area contributed by atoms with Crippen LogP contribution in [0.4, 0.5) is 5.82 Å². The van der Waals surface area contributed by atoms with Gasteiger partial charge in [0.15, 0.2) is 0 Å². The van der Waals surface area contributed by atoms with E-state index in [1.807, 2.05) is 6.20 Å². The molecular formula is C13H19N3. The first-order valence-electron chi connectivity index (χ1n) is 6.39. The van der Waals surface area contributed by atoms with E-state index >= 15 is 0 Å². The Balaban J connectivity index is 1.73. The topological polar surface area (TPSA) is 29.0 Å². The normalized spacial score (nSPS) is 23.9. The number of hydrogen-bond donors (Lipinski definition) is 0. The number of aromatic nitrogens is 2. The van der Waals surface area contributed by atoms with Crippen molar-refractivity contribution in [1.82, 2.24) is 9.97 Å². The Morgan fingerprint density at radius 1 is 1.06 bits per heavy atom. The molecule has 1 aliphatic heterocycles. The molecular weight excluding hydrogens is 198 g/mol. The summed E-state index contributed by atoms with van der Waals surface area (Å²) < 4.78 is 0. The van der Waals surface area contributed by atoms with Crippen LogP contribution in [-0.4, -0.2) is 23.1 Å². The van der Waals surface area contributed by atoms with Gasteiger partial charge in [-0.2, -0.15) is 0 Å². The Morgan fingerprint density at radius 3 is 2.69 bits per heavy atom. The fraction of sp³-hybridized carbons (Fsp3) is 0.692. The van der Waals surface area contributed by atoms with Gasteiger partial charge in [-0.05, 0) is 24.7 Å². The molecule has 0 radical (unpaired) electrons. The van der Waals surface area contributed by atoms with Crippen molar-refractivity contribution in [3.05, 3.63) is 18.6 Å². The molecule has 1 saturated heterocycles. The summed E-state index contributed by atoms with van der Waals surface area (Å²) in [6.45, 7) is 2.37. The van der Waals surface area contributed by atoms with Gasteiger partial charge < -0.3 is 4.90 Å². The maximum Gasteiger partial charge on any atom is 0.147 e. The van der Waals surface area contributed by atoms with Crippen LogP contribution in [0.5, 0.6) is 0 Å². The molecule has 1 aromatic heterocycles. The Labute approximate surface area is 96.9 Å². The monoisotopic (exact) mass is 217 g/mol. The van der Waals surface area contributed by atoms with Crippen molar-refractivity contribution in [2.45, 2.75) is 38.5 Å². The van der Waals surface area contributed by atoms with Crippen LogP contribution in [0.25, 0.3) is 0 Å². The van der Waals surface area contributed by atoms with Gasteiger partial charge in [0.25, 0.3) is 0 Å². The molecule has 3 rings (SSSR count). The quantitative estimate of drug-likeness (QED) is 0.724. The highest BCUT2D eigenvalue weighted by Gasteiger charge is 2.39. The Bertz CT molecular complexity index is 343. The summed E-state index contributed by atoms with van der Waals surface area (Å²) in [7, 11) is 0. The predicted molar refractivity (Wildman–Crippen MR) is 64.4 cm³/mol.